The Labute approximate surface area is 175 Å². The molecule has 4 N–H and O–H groups in total. The smallest absolute Gasteiger partial charge is 0.352 e. The molecule has 2 aliphatic heterocycles. The van der Waals surface area contributed by atoms with Crippen molar-refractivity contribution in [2.45, 2.75) is 11.4 Å². The van der Waals surface area contributed by atoms with Gasteiger partial charge in [-0.3, -0.25) is 14.5 Å². The number of amides is 2. The number of oxime groups is 1. The molecule has 0 aliphatic carbocycles. The van der Waals surface area contributed by atoms with E-state index in [0.717, 1.165) is 16.2 Å². The number of aromatic nitrogens is 1. The van der Waals surface area contributed by atoms with E-state index in [9.17, 15) is 14.4 Å². The number of carbonyl (C=O) groups excluding carboxylic acids is 2. The van der Waals surface area contributed by atoms with Crippen LogP contribution in [0.5, 0.6) is 0 Å². The zero-order valence-corrected chi connectivity index (χ0v) is 17.6. The monoisotopic (exact) mass is 497 g/mol. The van der Waals surface area contributed by atoms with E-state index >= 15 is 0 Å². The number of fused-ring (bicyclic) bond motifs is 1. The number of β-lactam (4-membered cyclic amide) rings is 1. The average molecular weight is 499 g/mol. The van der Waals surface area contributed by atoms with E-state index in [-0.39, 0.29) is 34.6 Å². The van der Waals surface area contributed by atoms with Crippen LogP contribution >= 0.6 is 51.4 Å². The highest BCUT2D eigenvalue weighted by Gasteiger charge is 2.53. The molecule has 0 saturated carbocycles. The van der Waals surface area contributed by atoms with Crippen LogP contribution in [-0.2, 0) is 19.2 Å². The Kier molecular flexibility index (Phi) is 6.72. The standard InChI is InChI=1S/C13H12BrN5O5S2.ClH/c1-24-18-6(5-8(14)26-13(15)17-5)9(20)16-7-10(21)19-4(12(22)23)2-3-25-11(7)19;/h2,7,11H,3H2,1H3,(H2,15,17)(H,16,20)(H,22,23);1H/t7?,11-;/m0./s1. The summed E-state index contributed by atoms with van der Waals surface area (Å²) in [5.41, 5.74) is 5.60. The molecule has 2 amide bonds. The fraction of sp³-hybridized carbons (Fsp3) is 0.308. The summed E-state index contributed by atoms with van der Waals surface area (Å²) in [7, 11) is 1.27. The van der Waals surface area contributed by atoms with Gasteiger partial charge in [0.25, 0.3) is 11.8 Å². The number of nitrogens with two attached hydrogens (primary N) is 1. The van der Waals surface area contributed by atoms with Crippen molar-refractivity contribution in [2.24, 2.45) is 5.16 Å². The number of anilines is 1. The van der Waals surface area contributed by atoms with E-state index in [4.69, 9.17) is 15.7 Å². The third-order valence-electron chi connectivity index (χ3n) is 3.58. The van der Waals surface area contributed by atoms with E-state index in [2.05, 4.69) is 31.4 Å². The SMILES string of the molecule is CON=C(C(=O)NC1C(=O)N2C(C(=O)O)=CCS[C@@H]12)c1nc(N)sc1Br.Cl. The quantitative estimate of drug-likeness (QED) is 0.304. The van der Waals surface area contributed by atoms with Gasteiger partial charge < -0.3 is 21.0 Å². The molecule has 0 aromatic carbocycles. The van der Waals surface area contributed by atoms with Crippen molar-refractivity contribution in [1.29, 1.82) is 0 Å². The third kappa shape index (κ3) is 3.90. The number of carboxylic acid groups (broad SMARTS) is 1. The van der Waals surface area contributed by atoms with Gasteiger partial charge >= 0.3 is 5.97 Å². The summed E-state index contributed by atoms with van der Waals surface area (Å²) in [5, 5.41) is 15.2. The number of thiazole rings is 1. The minimum Gasteiger partial charge on any atom is -0.477 e. The van der Waals surface area contributed by atoms with Crippen molar-refractivity contribution in [3.63, 3.8) is 0 Å². The van der Waals surface area contributed by atoms with E-state index in [1.807, 2.05) is 0 Å². The number of nitrogens with zero attached hydrogens (tertiary/aromatic N) is 3. The first kappa shape index (κ1) is 21.5. The number of nitrogen functional groups attached to an aromatic ring is 1. The molecule has 2 atom stereocenters. The maximum atomic E-state index is 12.6. The minimum atomic E-state index is -1.18. The largest absolute Gasteiger partial charge is 0.477 e. The van der Waals surface area contributed by atoms with Gasteiger partial charge in [-0.15, -0.1) is 24.2 Å². The number of rotatable bonds is 5. The van der Waals surface area contributed by atoms with Crippen LogP contribution in [0.1, 0.15) is 5.69 Å². The van der Waals surface area contributed by atoms with Crippen LogP contribution in [0.2, 0.25) is 0 Å². The van der Waals surface area contributed by atoms with Gasteiger partial charge in [0.2, 0.25) is 0 Å². The van der Waals surface area contributed by atoms with E-state index in [0.29, 0.717) is 9.54 Å². The molecule has 1 aromatic heterocycles. The first-order valence-corrected chi connectivity index (χ1v) is 9.73. The summed E-state index contributed by atoms with van der Waals surface area (Å²) in [6.07, 6.45) is 1.46. The molecule has 3 rings (SSSR count). The van der Waals surface area contributed by atoms with Gasteiger partial charge in [0.1, 0.15) is 33.7 Å². The summed E-state index contributed by atoms with van der Waals surface area (Å²) in [6, 6.07) is -0.868. The molecule has 1 unspecified atom stereocenters. The maximum Gasteiger partial charge on any atom is 0.352 e. The lowest BCUT2D eigenvalue weighted by Gasteiger charge is -2.48. The lowest BCUT2D eigenvalue weighted by atomic mass is 10.0. The molecule has 3 heterocycles. The Bertz CT molecular complexity index is 860. The predicted octanol–water partition coefficient (Wildman–Crippen LogP) is 0.629. The van der Waals surface area contributed by atoms with Crippen molar-refractivity contribution >= 4 is 80.1 Å². The van der Waals surface area contributed by atoms with Crippen molar-refractivity contribution in [1.82, 2.24) is 15.2 Å². The average Bonchev–Trinajstić information content (AvgIpc) is 2.94. The normalized spacial score (nSPS) is 21.4. The first-order valence-electron chi connectivity index (χ1n) is 7.07. The van der Waals surface area contributed by atoms with Gasteiger partial charge in [-0.05, 0) is 22.0 Å². The second kappa shape index (κ2) is 8.46. The summed E-state index contributed by atoms with van der Waals surface area (Å²) >= 11 is 5.72. The zero-order valence-electron chi connectivity index (χ0n) is 13.5. The number of hydrogen-bond acceptors (Lipinski definition) is 9. The summed E-state index contributed by atoms with van der Waals surface area (Å²) in [4.78, 5) is 46.0. The Morgan fingerprint density at radius 3 is 2.81 bits per heavy atom. The fourth-order valence-electron chi connectivity index (χ4n) is 2.49. The Hall–Kier alpha value is -1.83. The van der Waals surface area contributed by atoms with Crippen LogP contribution < -0.4 is 11.1 Å². The lowest BCUT2D eigenvalue weighted by molar-refractivity contribution is -0.150. The number of thioether (sulfide) groups is 1. The van der Waals surface area contributed by atoms with Crippen LogP contribution in [0, 0.1) is 0 Å². The first-order chi connectivity index (χ1) is 12.3. The number of carbonyl (C=O) groups is 3. The maximum absolute atomic E-state index is 12.6. The molecular weight excluding hydrogens is 486 g/mol. The molecule has 10 nitrogen and oxygen atoms in total. The highest BCUT2D eigenvalue weighted by molar-refractivity contribution is 9.11. The predicted molar refractivity (Wildman–Crippen MR) is 106 cm³/mol. The van der Waals surface area contributed by atoms with Gasteiger partial charge in [0.05, 0.1) is 0 Å². The fourth-order valence-corrected chi connectivity index (χ4v) is 5.02. The number of nitrogens with one attached hydrogen (secondary N) is 1. The van der Waals surface area contributed by atoms with Crippen molar-refractivity contribution < 1.29 is 24.3 Å². The third-order valence-corrected chi connectivity index (χ3v) is 6.29. The number of carboxylic acids is 1. The van der Waals surface area contributed by atoms with E-state index in [1.165, 1.54) is 24.9 Å². The minimum absolute atomic E-state index is 0. The molecule has 0 bridgehead atoms. The zero-order chi connectivity index (χ0) is 19.0. The van der Waals surface area contributed by atoms with Crippen molar-refractivity contribution in [2.75, 3.05) is 18.6 Å². The van der Waals surface area contributed by atoms with Gasteiger partial charge in [-0.25, -0.2) is 9.78 Å². The van der Waals surface area contributed by atoms with Gasteiger partial charge in [-0.2, -0.15) is 0 Å². The molecule has 0 spiro atoms. The van der Waals surface area contributed by atoms with Gasteiger partial charge in [0, 0.05) is 5.75 Å². The summed E-state index contributed by atoms with van der Waals surface area (Å²) in [5.74, 6) is -1.94. The second-order valence-electron chi connectivity index (χ2n) is 5.07. The molecule has 1 saturated heterocycles. The molecule has 14 heteroatoms. The Balaban J connectivity index is 0.00000261. The molecule has 27 heavy (non-hydrogen) atoms. The van der Waals surface area contributed by atoms with Crippen LogP contribution in [-0.4, -0.2) is 62.8 Å². The molecular formula is C13H13BrClN5O5S2. The lowest BCUT2D eigenvalue weighted by Crippen LogP contribution is -2.70. The van der Waals surface area contributed by atoms with E-state index in [1.54, 1.807) is 0 Å². The number of halogens is 2. The topological polar surface area (TPSA) is 147 Å². The van der Waals surface area contributed by atoms with Crippen molar-refractivity contribution in [3.05, 3.63) is 21.3 Å². The van der Waals surface area contributed by atoms with Gasteiger partial charge in [-0.1, -0.05) is 16.5 Å². The molecule has 146 valence electrons. The number of aliphatic carboxylic acids is 1. The molecule has 1 fully saturated rings. The van der Waals surface area contributed by atoms with Crippen LogP contribution in [0.15, 0.2) is 20.7 Å². The Morgan fingerprint density at radius 2 is 2.26 bits per heavy atom. The molecule has 2 aliphatic rings. The second-order valence-corrected chi connectivity index (χ2v) is 8.57. The summed E-state index contributed by atoms with van der Waals surface area (Å²) in [6.45, 7) is 0. The highest BCUT2D eigenvalue weighted by Crippen LogP contribution is 2.37. The Morgan fingerprint density at radius 1 is 1.56 bits per heavy atom. The summed E-state index contributed by atoms with van der Waals surface area (Å²) < 4.78 is 0.491. The van der Waals surface area contributed by atoms with Crippen LogP contribution in [0.4, 0.5) is 5.13 Å². The van der Waals surface area contributed by atoms with Crippen molar-refractivity contribution in [3.8, 4) is 0 Å². The van der Waals surface area contributed by atoms with Crippen LogP contribution in [0.3, 0.4) is 0 Å². The molecule has 0 radical (unpaired) electrons. The molecule has 1 aromatic rings. The van der Waals surface area contributed by atoms with Gasteiger partial charge in [0.15, 0.2) is 10.8 Å². The number of hydrogen-bond donors (Lipinski definition) is 3. The van der Waals surface area contributed by atoms with Crippen LogP contribution in [0.25, 0.3) is 0 Å². The van der Waals surface area contributed by atoms with E-state index < -0.39 is 29.2 Å². The highest BCUT2D eigenvalue weighted by atomic mass is 79.9.